The lowest BCUT2D eigenvalue weighted by molar-refractivity contribution is 0.0696. The van der Waals surface area contributed by atoms with E-state index in [2.05, 4.69) is 0 Å². The van der Waals surface area contributed by atoms with Crippen LogP contribution in [0.2, 0.25) is 0 Å². The molecular weight excluding hydrogens is 316 g/mol. The molecule has 1 fully saturated rings. The monoisotopic (exact) mass is 334 g/mol. The number of nitrogens with two attached hydrogens (primary N) is 1. The zero-order valence-electron chi connectivity index (χ0n) is 12.5. The lowest BCUT2D eigenvalue weighted by atomic mass is 10.0. The van der Waals surface area contributed by atoms with Crippen molar-refractivity contribution in [3.05, 3.63) is 48.4 Å². The number of amides is 1. The van der Waals surface area contributed by atoms with Crippen LogP contribution < -0.4 is 5.14 Å². The third-order valence-corrected chi connectivity index (χ3v) is 5.39. The van der Waals surface area contributed by atoms with Gasteiger partial charge >= 0.3 is 0 Å². The minimum atomic E-state index is -3.65. The highest BCUT2D eigenvalue weighted by molar-refractivity contribution is 7.89. The van der Waals surface area contributed by atoms with Crippen LogP contribution in [0, 0.1) is 0 Å². The average molecular weight is 334 g/mol. The molecule has 6 nitrogen and oxygen atoms in total. The quantitative estimate of drug-likeness (QED) is 0.927. The second-order valence-electron chi connectivity index (χ2n) is 5.63. The summed E-state index contributed by atoms with van der Waals surface area (Å²) in [6.07, 6.45) is 2.55. The number of carbonyl (C=O) groups is 1. The van der Waals surface area contributed by atoms with Crippen molar-refractivity contribution < 1.29 is 17.6 Å². The molecule has 0 bridgehead atoms. The Morgan fingerprint density at radius 1 is 1.22 bits per heavy atom. The van der Waals surface area contributed by atoms with Crippen molar-refractivity contribution in [2.24, 2.45) is 5.14 Å². The van der Waals surface area contributed by atoms with Gasteiger partial charge in [-0.15, -0.1) is 0 Å². The van der Waals surface area contributed by atoms with E-state index in [9.17, 15) is 13.2 Å². The van der Waals surface area contributed by atoms with Crippen LogP contribution in [0.1, 0.15) is 23.4 Å². The van der Waals surface area contributed by atoms with Crippen LogP contribution in [-0.4, -0.2) is 37.6 Å². The molecular formula is C16H18N2O4S. The minimum absolute atomic E-state index is 0.104. The highest BCUT2D eigenvalue weighted by Crippen LogP contribution is 2.27. The minimum Gasteiger partial charge on any atom is -0.459 e. The fraction of sp³-hybridized carbons (Fsp3) is 0.312. The summed E-state index contributed by atoms with van der Waals surface area (Å²) < 4.78 is 28.5. The van der Waals surface area contributed by atoms with Gasteiger partial charge in [0, 0.05) is 18.7 Å². The third-order valence-electron chi connectivity index (χ3n) is 4.07. The second kappa shape index (κ2) is 6.17. The Morgan fingerprint density at radius 2 is 1.96 bits per heavy atom. The Balaban J connectivity index is 1.86. The van der Waals surface area contributed by atoms with E-state index in [-0.39, 0.29) is 18.2 Å². The standard InChI is InChI=1S/C16H18N2O4S/c17-23(20,21)13-7-4-9-18(11-13)16(19)15-14(8-10-22-15)12-5-2-1-3-6-12/h1-3,5-6,8,10,13H,4,7,9,11H2,(H2,17,20,21). The Bertz CT molecular complexity index is 798. The zero-order chi connectivity index (χ0) is 16.4. The molecule has 1 aromatic carbocycles. The number of nitrogens with zero attached hydrogens (tertiary/aromatic N) is 1. The van der Waals surface area contributed by atoms with Gasteiger partial charge < -0.3 is 9.32 Å². The van der Waals surface area contributed by atoms with Crippen LogP contribution in [0.5, 0.6) is 0 Å². The number of piperidine rings is 1. The maximum atomic E-state index is 12.7. The summed E-state index contributed by atoms with van der Waals surface area (Å²) in [6.45, 7) is 0.604. The molecule has 23 heavy (non-hydrogen) atoms. The molecule has 2 heterocycles. The van der Waals surface area contributed by atoms with Crippen LogP contribution >= 0.6 is 0 Å². The maximum Gasteiger partial charge on any atom is 0.290 e. The van der Waals surface area contributed by atoms with Gasteiger partial charge in [-0.1, -0.05) is 30.3 Å². The maximum absolute atomic E-state index is 12.7. The van der Waals surface area contributed by atoms with Crippen molar-refractivity contribution in [3.8, 4) is 11.1 Å². The molecule has 1 atom stereocenters. The summed E-state index contributed by atoms with van der Waals surface area (Å²) in [6, 6.07) is 11.2. The molecule has 1 amide bonds. The normalized spacial score (nSPS) is 18.8. The van der Waals surface area contributed by atoms with Crippen molar-refractivity contribution >= 4 is 15.9 Å². The van der Waals surface area contributed by atoms with Gasteiger partial charge in [-0.05, 0) is 24.5 Å². The van der Waals surface area contributed by atoms with Gasteiger partial charge in [0.1, 0.15) is 0 Å². The summed E-state index contributed by atoms with van der Waals surface area (Å²) in [4.78, 5) is 14.2. The number of primary sulfonamides is 1. The van der Waals surface area contributed by atoms with Crippen LogP contribution in [0.4, 0.5) is 0 Å². The zero-order valence-corrected chi connectivity index (χ0v) is 13.3. The summed E-state index contributed by atoms with van der Waals surface area (Å²) in [5.41, 5.74) is 1.58. The number of hydrogen-bond donors (Lipinski definition) is 1. The number of carbonyl (C=O) groups excluding carboxylic acids is 1. The number of hydrogen-bond acceptors (Lipinski definition) is 4. The first-order valence-corrected chi connectivity index (χ1v) is 9.01. The highest BCUT2D eigenvalue weighted by atomic mass is 32.2. The van der Waals surface area contributed by atoms with Crippen molar-refractivity contribution in [2.75, 3.05) is 13.1 Å². The second-order valence-corrected chi connectivity index (χ2v) is 7.48. The molecule has 1 aliphatic rings. The average Bonchev–Trinajstić information content (AvgIpc) is 3.04. The van der Waals surface area contributed by atoms with Crippen LogP contribution in [0.25, 0.3) is 11.1 Å². The lowest BCUT2D eigenvalue weighted by Crippen LogP contribution is -2.47. The van der Waals surface area contributed by atoms with Crippen molar-refractivity contribution in [1.29, 1.82) is 0 Å². The van der Waals surface area contributed by atoms with E-state index in [0.29, 0.717) is 24.9 Å². The summed E-state index contributed by atoms with van der Waals surface area (Å²) in [5, 5.41) is 4.51. The smallest absolute Gasteiger partial charge is 0.290 e. The van der Waals surface area contributed by atoms with Crippen molar-refractivity contribution in [2.45, 2.75) is 18.1 Å². The first-order valence-electron chi connectivity index (χ1n) is 7.40. The van der Waals surface area contributed by atoms with E-state index in [1.54, 1.807) is 6.07 Å². The van der Waals surface area contributed by atoms with Crippen LogP contribution in [0.15, 0.2) is 47.1 Å². The number of sulfonamides is 1. The molecule has 122 valence electrons. The Kier molecular flexibility index (Phi) is 4.23. The van der Waals surface area contributed by atoms with Gasteiger partial charge in [0.15, 0.2) is 5.76 Å². The molecule has 0 aliphatic carbocycles. The summed E-state index contributed by atoms with van der Waals surface area (Å²) >= 11 is 0. The van der Waals surface area contributed by atoms with Crippen molar-refractivity contribution in [1.82, 2.24) is 4.90 Å². The van der Waals surface area contributed by atoms with Gasteiger partial charge in [-0.3, -0.25) is 4.79 Å². The van der Waals surface area contributed by atoms with E-state index in [1.807, 2.05) is 30.3 Å². The molecule has 1 saturated heterocycles. The van der Waals surface area contributed by atoms with Crippen LogP contribution in [-0.2, 0) is 10.0 Å². The fourth-order valence-electron chi connectivity index (χ4n) is 2.85. The Labute approximate surface area is 134 Å². The highest BCUT2D eigenvalue weighted by Gasteiger charge is 2.32. The molecule has 3 rings (SSSR count). The van der Waals surface area contributed by atoms with Gasteiger partial charge in [0.25, 0.3) is 5.91 Å². The van der Waals surface area contributed by atoms with E-state index >= 15 is 0 Å². The molecule has 1 unspecified atom stereocenters. The lowest BCUT2D eigenvalue weighted by Gasteiger charge is -2.31. The van der Waals surface area contributed by atoms with E-state index in [1.165, 1.54) is 11.2 Å². The molecule has 2 aromatic rings. The first-order chi connectivity index (χ1) is 11.0. The Hall–Kier alpha value is -2.12. The largest absolute Gasteiger partial charge is 0.459 e. The van der Waals surface area contributed by atoms with Gasteiger partial charge in [0.05, 0.1) is 11.5 Å². The molecule has 7 heteroatoms. The first kappa shape index (κ1) is 15.8. The van der Waals surface area contributed by atoms with Gasteiger partial charge in [-0.25, -0.2) is 13.6 Å². The van der Waals surface area contributed by atoms with Gasteiger partial charge in [0.2, 0.25) is 10.0 Å². The van der Waals surface area contributed by atoms with Gasteiger partial charge in [-0.2, -0.15) is 0 Å². The van der Waals surface area contributed by atoms with E-state index in [4.69, 9.17) is 9.56 Å². The fourth-order valence-corrected chi connectivity index (χ4v) is 3.74. The van der Waals surface area contributed by atoms with Crippen LogP contribution in [0.3, 0.4) is 0 Å². The Morgan fingerprint density at radius 3 is 2.65 bits per heavy atom. The molecule has 1 aliphatic heterocycles. The molecule has 0 spiro atoms. The number of likely N-dealkylation sites (tertiary alicyclic amines) is 1. The number of rotatable bonds is 3. The predicted octanol–water partition coefficient (Wildman–Crippen LogP) is 1.84. The predicted molar refractivity (Wildman–Crippen MR) is 86.2 cm³/mol. The van der Waals surface area contributed by atoms with Crippen molar-refractivity contribution in [3.63, 3.8) is 0 Å². The SMILES string of the molecule is NS(=O)(=O)C1CCCN(C(=O)c2occc2-c2ccccc2)C1. The summed E-state index contributed by atoms with van der Waals surface area (Å²) in [7, 11) is -3.65. The third kappa shape index (κ3) is 3.30. The number of benzene rings is 1. The molecule has 2 N–H and O–H groups in total. The molecule has 0 radical (unpaired) electrons. The molecule has 0 saturated carbocycles. The summed E-state index contributed by atoms with van der Waals surface area (Å²) in [5.74, 6) is -0.0755. The molecule has 1 aromatic heterocycles. The van der Waals surface area contributed by atoms with E-state index < -0.39 is 15.3 Å². The topological polar surface area (TPSA) is 93.6 Å². The number of furan rings is 1. The van der Waals surface area contributed by atoms with E-state index in [0.717, 1.165) is 5.56 Å².